The first kappa shape index (κ1) is 4.86. The fraction of sp³-hybridized carbons (Fsp3) is 0.250. The number of hydrogen-bond acceptors (Lipinski definition) is 0. The molecular weight excluding hydrogens is 110 g/mol. The van der Waals surface area contributed by atoms with Crippen LogP contribution in [-0.4, -0.2) is 4.98 Å². The van der Waals surface area contributed by atoms with Gasteiger partial charge in [-0.25, -0.2) is 0 Å². The summed E-state index contributed by atoms with van der Waals surface area (Å²) >= 11 is 0. The van der Waals surface area contributed by atoms with E-state index in [2.05, 4.69) is 23.3 Å². The molecule has 1 aromatic heterocycles. The minimum atomic E-state index is 1.17. The van der Waals surface area contributed by atoms with Crippen molar-refractivity contribution in [1.29, 1.82) is 0 Å². The van der Waals surface area contributed by atoms with Crippen LogP contribution in [0.5, 0.6) is 0 Å². The zero-order valence-electron chi connectivity index (χ0n) is 5.15. The van der Waals surface area contributed by atoms with Gasteiger partial charge in [-0.2, -0.15) is 0 Å². The minimum Gasteiger partial charge on any atom is -0.354 e. The van der Waals surface area contributed by atoms with Gasteiger partial charge in [0.1, 0.15) is 0 Å². The van der Waals surface area contributed by atoms with Crippen LogP contribution in [0.4, 0.5) is 0 Å². The molecule has 0 aliphatic heterocycles. The fourth-order valence-electron chi connectivity index (χ4n) is 1.15. The van der Waals surface area contributed by atoms with Gasteiger partial charge in [-0.3, -0.25) is 0 Å². The molecule has 45 valence electrons. The topological polar surface area (TPSA) is 15.8 Å². The molecule has 0 amide bonds. The van der Waals surface area contributed by atoms with Gasteiger partial charge in [-0.05, 0) is 24.1 Å². The summed E-state index contributed by atoms with van der Waals surface area (Å²) in [7, 11) is 0. The summed E-state index contributed by atoms with van der Waals surface area (Å²) in [5.74, 6) is 0. The van der Waals surface area contributed by atoms with Crippen LogP contribution in [-0.2, 0) is 0 Å². The van der Waals surface area contributed by atoms with Crippen LogP contribution < -0.4 is 10.6 Å². The molecule has 1 aromatic rings. The molecule has 1 heteroatoms. The Morgan fingerprint density at radius 2 is 2.22 bits per heavy atom. The van der Waals surface area contributed by atoms with Gasteiger partial charge in [0.2, 0.25) is 0 Å². The number of rotatable bonds is 0. The first-order valence-electron chi connectivity index (χ1n) is 3.22. The molecule has 0 unspecified atom stereocenters. The summed E-state index contributed by atoms with van der Waals surface area (Å²) in [6.45, 7) is 0. The lowest BCUT2D eigenvalue weighted by Crippen LogP contribution is -2.23. The molecule has 1 aliphatic rings. The normalized spacial score (nSPS) is 15.6. The zero-order chi connectivity index (χ0) is 6.10. The van der Waals surface area contributed by atoms with Gasteiger partial charge in [0.15, 0.2) is 0 Å². The summed E-state index contributed by atoms with van der Waals surface area (Å²) in [5, 5.41) is 2.54. The molecule has 0 saturated carbocycles. The molecule has 0 saturated heterocycles. The van der Waals surface area contributed by atoms with Gasteiger partial charge >= 0.3 is 0 Å². The van der Waals surface area contributed by atoms with Crippen LogP contribution in [0.25, 0.3) is 12.2 Å². The molecule has 1 aliphatic carbocycles. The van der Waals surface area contributed by atoms with Crippen LogP contribution in [0.15, 0.2) is 6.07 Å². The summed E-state index contributed by atoms with van der Waals surface area (Å²) in [6, 6.07) is 1.99. The highest BCUT2D eigenvalue weighted by atomic mass is 14.6. The Balaban J connectivity index is 2.89. The zero-order valence-corrected chi connectivity index (χ0v) is 5.15. The largest absolute Gasteiger partial charge is 0.354 e. The molecule has 2 rings (SSSR count). The summed E-state index contributed by atoms with van der Waals surface area (Å²) in [6.07, 6.45) is 9.75. The van der Waals surface area contributed by atoms with Crippen molar-refractivity contribution in [2.45, 2.75) is 12.8 Å². The summed E-state index contributed by atoms with van der Waals surface area (Å²) in [4.78, 5) is 3.05. The lowest BCUT2D eigenvalue weighted by atomic mass is 10.2. The minimum absolute atomic E-state index is 1.17. The Hall–Kier alpha value is -0.980. The maximum atomic E-state index is 3.05. The van der Waals surface area contributed by atoms with Gasteiger partial charge in [0, 0.05) is 5.35 Å². The van der Waals surface area contributed by atoms with E-state index in [-0.39, 0.29) is 0 Å². The second-order valence-corrected chi connectivity index (χ2v) is 2.27. The first-order chi connectivity index (χ1) is 4.47. The molecule has 1 radical (unpaired) electrons. The first-order valence-corrected chi connectivity index (χ1v) is 3.22. The van der Waals surface area contributed by atoms with E-state index >= 15 is 0 Å². The van der Waals surface area contributed by atoms with E-state index in [0.717, 1.165) is 0 Å². The smallest absolute Gasteiger partial charge is 0.0630 e. The van der Waals surface area contributed by atoms with E-state index < -0.39 is 0 Å². The molecule has 0 atom stereocenters. The lowest BCUT2D eigenvalue weighted by molar-refractivity contribution is 1.10. The molecule has 0 aromatic carbocycles. The fourth-order valence-corrected chi connectivity index (χ4v) is 1.15. The number of hydrogen-bond donors (Lipinski definition) is 1. The Morgan fingerprint density at radius 1 is 1.33 bits per heavy atom. The summed E-state index contributed by atoms with van der Waals surface area (Å²) in [5.41, 5.74) is 0. The molecule has 0 spiro atoms. The number of fused-ring (bicyclic) bond motifs is 1. The van der Waals surface area contributed by atoms with E-state index in [1.54, 1.807) is 0 Å². The number of H-pyrrole nitrogens is 1. The van der Waals surface area contributed by atoms with Crippen molar-refractivity contribution >= 4 is 12.2 Å². The van der Waals surface area contributed by atoms with Crippen LogP contribution in [0.2, 0.25) is 0 Å². The van der Waals surface area contributed by atoms with Crippen molar-refractivity contribution in [3.63, 3.8) is 0 Å². The third-order valence-electron chi connectivity index (χ3n) is 1.62. The molecule has 0 fully saturated rings. The van der Waals surface area contributed by atoms with Gasteiger partial charge in [0.05, 0.1) is 6.20 Å². The predicted molar refractivity (Wildman–Crippen MR) is 37.0 cm³/mol. The number of nitrogens with one attached hydrogen (secondary N) is 1. The van der Waals surface area contributed by atoms with Crippen LogP contribution in [0.1, 0.15) is 12.8 Å². The maximum absolute atomic E-state index is 3.05. The highest BCUT2D eigenvalue weighted by molar-refractivity contribution is 5.35. The third kappa shape index (κ3) is 0.689. The molecule has 0 bridgehead atoms. The van der Waals surface area contributed by atoms with E-state index in [1.165, 1.54) is 23.4 Å². The van der Waals surface area contributed by atoms with E-state index in [0.29, 0.717) is 0 Å². The van der Waals surface area contributed by atoms with Crippen molar-refractivity contribution in [2.75, 3.05) is 0 Å². The SMILES string of the molecule is [c]1cc2c([nH]1)=CCCC=2. The second kappa shape index (κ2) is 1.76. The highest BCUT2D eigenvalue weighted by Crippen LogP contribution is 1.92. The monoisotopic (exact) mass is 118 g/mol. The number of aromatic amines is 1. The van der Waals surface area contributed by atoms with Gasteiger partial charge in [-0.15, -0.1) is 0 Å². The highest BCUT2D eigenvalue weighted by Gasteiger charge is 1.90. The van der Waals surface area contributed by atoms with Crippen molar-refractivity contribution in [1.82, 2.24) is 4.98 Å². The Bertz CT molecular complexity index is 275. The lowest BCUT2D eigenvalue weighted by Gasteiger charge is -1.91. The Morgan fingerprint density at radius 3 is 3.11 bits per heavy atom. The van der Waals surface area contributed by atoms with Crippen LogP contribution >= 0.6 is 0 Å². The molecular formula is C8H8N. The Labute approximate surface area is 53.7 Å². The van der Waals surface area contributed by atoms with Crippen molar-refractivity contribution in [3.8, 4) is 0 Å². The molecule has 1 N–H and O–H groups in total. The maximum Gasteiger partial charge on any atom is 0.0630 e. The average molecular weight is 118 g/mol. The predicted octanol–water partition coefficient (Wildman–Crippen LogP) is 0.170. The Kier molecular flexibility index (Phi) is 0.950. The van der Waals surface area contributed by atoms with Crippen LogP contribution in [0, 0.1) is 6.20 Å². The third-order valence-corrected chi connectivity index (χ3v) is 1.62. The van der Waals surface area contributed by atoms with Crippen molar-refractivity contribution in [2.24, 2.45) is 0 Å². The molecule has 9 heavy (non-hydrogen) atoms. The standard InChI is InChI=1S/C8H8N/c1-2-4-8-7(3-1)5-6-9-8/h3-5,9H,1-2H2. The van der Waals surface area contributed by atoms with Gasteiger partial charge in [-0.1, -0.05) is 12.2 Å². The van der Waals surface area contributed by atoms with Gasteiger partial charge in [0.25, 0.3) is 0 Å². The van der Waals surface area contributed by atoms with Crippen molar-refractivity contribution < 1.29 is 0 Å². The molecule has 1 nitrogen and oxygen atoms in total. The van der Waals surface area contributed by atoms with E-state index in [4.69, 9.17) is 0 Å². The summed E-state index contributed by atoms with van der Waals surface area (Å²) < 4.78 is 0. The quantitative estimate of drug-likeness (QED) is 0.500. The van der Waals surface area contributed by atoms with Crippen LogP contribution in [0.3, 0.4) is 0 Å². The molecule has 1 heterocycles. The van der Waals surface area contributed by atoms with E-state index in [1.807, 2.05) is 6.07 Å². The van der Waals surface area contributed by atoms with E-state index in [9.17, 15) is 0 Å². The van der Waals surface area contributed by atoms with Gasteiger partial charge < -0.3 is 4.98 Å². The number of aromatic nitrogens is 1. The van der Waals surface area contributed by atoms with Crippen molar-refractivity contribution in [3.05, 3.63) is 22.8 Å². The second-order valence-electron chi connectivity index (χ2n) is 2.27. The average Bonchev–Trinajstić information content (AvgIpc) is 2.33.